The number of imidazole rings is 4. The summed E-state index contributed by atoms with van der Waals surface area (Å²) in [5, 5.41) is 40.0. The first-order valence-corrected chi connectivity index (χ1v) is 44.0. The Hall–Kier alpha value is -18.5. The number of para-hydroxylation sites is 4. The van der Waals surface area contributed by atoms with Gasteiger partial charge in [0.15, 0.2) is 23.3 Å². The highest BCUT2D eigenvalue weighted by Gasteiger charge is 2.24. The van der Waals surface area contributed by atoms with E-state index in [0.29, 0.717) is 64.6 Å². The van der Waals surface area contributed by atoms with E-state index in [0.717, 1.165) is 188 Å². The first kappa shape index (κ1) is 85.3. The molecule has 12 aromatic heterocycles. The van der Waals surface area contributed by atoms with Gasteiger partial charge in [0.25, 0.3) is 0 Å². The molecule has 0 unspecified atom stereocenters. The van der Waals surface area contributed by atoms with Crippen molar-refractivity contribution in [1.29, 1.82) is 0 Å². The molecule has 0 radical (unpaired) electrons. The number of nitrogen functional groups attached to an aromatic ring is 1. The third-order valence-corrected chi connectivity index (χ3v) is 23.5. The number of nitrogens with zero attached hydrogens (tertiary/aromatic N) is 12. The van der Waals surface area contributed by atoms with Gasteiger partial charge in [-0.2, -0.15) is 20.4 Å². The monoisotopic (exact) mass is 1810 g/mol. The second-order valence-electron chi connectivity index (χ2n) is 33.2. The third kappa shape index (κ3) is 17.7. The molecule has 0 spiro atoms. The molecule has 0 aliphatic heterocycles. The Labute approximate surface area is 776 Å². The van der Waals surface area contributed by atoms with E-state index >= 15 is 0 Å². The zero-order chi connectivity index (χ0) is 93.3. The van der Waals surface area contributed by atoms with Crippen molar-refractivity contribution in [1.82, 2.24) is 101 Å². The number of rotatable bonds is 17. The number of aromatic amines is 8. The maximum atomic E-state index is 13.5. The van der Waals surface area contributed by atoms with Gasteiger partial charge in [0.05, 0.1) is 95.7 Å². The number of nitrogens with two attached hydrogens (primary N) is 1. The molecule has 0 saturated carbocycles. The van der Waals surface area contributed by atoms with Gasteiger partial charge in [0.1, 0.15) is 46.0 Å². The van der Waals surface area contributed by atoms with Crippen molar-refractivity contribution < 1.29 is 27.2 Å². The second-order valence-corrected chi connectivity index (χ2v) is 33.2. The number of nitrogens with one attached hydrogen (secondary N) is 10. The van der Waals surface area contributed by atoms with Gasteiger partial charge in [-0.05, 0) is 196 Å². The SMILES string of the molecule is CC(C)CC(=O)Nc1cncc(-c2ccc3[nH]nc(-c4nc5c(-c6ccc(F)cc6)cccc5[nH]4)c3c2)c1.CCC(=O)Nc1cncc(-c2ccc3[nH]nc(-c4nc5c(-c6ccc(F)cc6)cccc5[nH]4)c3c2)c1.Fc1ccc(-c2cccc3[nH]c(-c4n[nH]c5ccc(-c6cccnc6)cc45)nc23)cc1.Nc1cncc(-c2ccc3[nH]nc(-c4nc5c(-c6ccc(F)cc6)cccc5[nH]4)c3c2)c1. The highest BCUT2D eigenvalue weighted by atomic mass is 19.1. The normalized spacial score (nSPS) is 11.4. The molecule has 24 rings (SSSR count). The average molecular weight is 1810 g/mol. The first-order chi connectivity index (χ1) is 66.9. The Bertz CT molecular complexity index is 8660. The summed E-state index contributed by atoms with van der Waals surface area (Å²) in [7, 11) is 0. The molecule has 12 heterocycles. The van der Waals surface area contributed by atoms with Crippen molar-refractivity contribution in [3.05, 3.63) is 346 Å². The largest absolute Gasteiger partial charge is 0.397 e. The highest BCUT2D eigenvalue weighted by Crippen LogP contribution is 2.41. The summed E-state index contributed by atoms with van der Waals surface area (Å²) in [5.74, 6) is 1.70. The number of benzene rings is 12. The van der Waals surface area contributed by atoms with Gasteiger partial charge in [-0.3, -0.25) is 49.9 Å². The smallest absolute Gasteiger partial charge is 0.224 e. The van der Waals surface area contributed by atoms with Crippen molar-refractivity contribution in [2.24, 2.45) is 5.92 Å². The molecule has 12 N–H and O–H groups in total. The van der Waals surface area contributed by atoms with E-state index < -0.39 is 0 Å². The van der Waals surface area contributed by atoms with Crippen LogP contribution in [0, 0.1) is 29.2 Å². The Morgan fingerprint density at radius 3 is 0.912 bits per heavy atom. The maximum absolute atomic E-state index is 13.5. The predicted molar refractivity (Wildman–Crippen MR) is 531 cm³/mol. The lowest BCUT2D eigenvalue weighted by atomic mass is 10.0. The van der Waals surface area contributed by atoms with Gasteiger partial charge in [-0.15, -0.1) is 0 Å². The molecule has 12 aromatic carbocycles. The van der Waals surface area contributed by atoms with Crippen LogP contribution in [0.2, 0.25) is 0 Å². The summed E-state index contributed by atoms with van der Waals surface area (Å²) in [6.45, 7) is 5.83. The quantitative estimate of drug-likeness (QED) is 0.0377. The molecule has 2 amide bonds. The van der Waals surface area contributed by atoms with Crippen molar-refractivity contribution in [3.63, 3.8) is 0 Å². The number of amides is 2. The van der Waals surface area contributed by atoms with Gasteiger partial charge >= 0.3 is 0 Å². The van der Waals surface area contributed by atoms with Crippen LogP contribution in [0.4, 0.5) is 34.6 Å². The van der Waals surface area contributed by atoms with Crippen molar-refractivity contribution in [2.75, 3.05) is 16.4 Å². The van der Waals surface area contributed by atoms with E-state index in [1.165, 1.54) is 48.5 Å². The number of aromatic nitrogens is 20. The lowest BCUT2D eigenvalue weighted by Crippen LogP contribution is -2.13. The Balaban J connectivity index is 0.000000109. The Morgan fingerprint density at radius 2 is 0.606 bits per heavy atom. The van der Waals surface area contributed by atoms with Gasteiger partial charge in [0.2, 0.25) is 11.8 Å². The van der Waals surface area contributed by atoms with Crippen molar-refractivity contribution in [3.8, 4) is 135 Å². The van der Waals surface area contributed by atoms with Crippen molar-refractivity contribution >= 4 is 117 Å². The zero-order valence-corrected chi connectivity index (χ0v) is 73.4. The molecule has 0 aliphatic rings. The summed E-state index contributed by atoms with van der Waals surface area (Å²) >= 11 is 0. The number of H-pyrrole nitrogens is 8. The number of hydrogen-bond acceptors (Lipinski definition) is 15. The number of carbonyl (C=O) groups excluding carboxylic acids is 2. The van der Waals surface area contributed by atoms with Crippen LogP contribution in [0.3, 0.4) is 0 Å². The molecular formula is C108H79F4N23O2. The number of halogens is 4. The van der Waals surface area contributed by atoms with E-state index in [9.17, 15) is 27.2 Å². The first-order valence-electron chi connectivity index (χ1n) is 44.0. The summed E-state index contributed by atoms with van der Waals surface area (Å²) in [6, 6.07) is 83.1. The Kier molecular flexibility index (Phi) is 22.8. The predicted octanol–water partition coefficient (Wildman–Crippen LogP) is 24.8. The number of pyridine rings is 4. The van der Waals surface area contributed by atoms with E-state index in [4.69, 9.17) is 25.7 Å². The lowest BCUT2D eigenvalue weighted by Gasteiger charge is -2.09. The Morgan fingerprint density at radius 1 is 0.307 bits per heavy atom. The third-order valence-electron chi connectivity index (χ3n) is 23.5. The van der Waals surface area contributed by atoms with E-state index in [1.54, 1.807) is 91.9 Å². The van der Waals surface area contributed by atoms with Gasteiger partial charge < -0.3 is 36.3 Å². The van der Waals surface area contributed by atoms with Crippen LogP contribution >= 0.6 is 0 Å². The molecular weight excluding hydrogens is 1730 g/mol. The molecule has 0 aliphatic carbocycles. The minimum Gasteiger partial charge on any atom is -0.397 e. The van der Waals surface area contributed by atoms with Crippen LogP contribution in [-0.4, -0.2) is 112 Å². The molecule has 666 valence electrons. The van der Waals surface area contributed by atoms with Gasteiger partial charge in [0, 0.05) is 116 Å². The fourth-order valence-corrected chi connectivity index (χ4v) is 16.8. The highest BCUT2D eigenvalue weighted by molar-refractivity contribution is 6.05. The molecule has 0 bridgehead atoms. The van der Waals surface area contributed by atoms with Crippen LogP contribution in [0.25, 0.3) is 223 Å². The molecule has 25 nitrogen and oxygen atoms in total. The fourth-order valence-electron chi connectivity index (χ4n) is 16.8. The molecule has 24 aromatic rings. The van der Waals surface area contributed by atoms with Gasteiger partial charge in [-0.1, -0.05) is 148 Å². The number of anilines is 3. The second kappa shape index (κ2) is 36.7. The topological polar surface area (TPSA) is 365 Å². The minimum absolute atomic E-state index is 0.0311. The van der Waals surface area contributed by atoms with Crippen LogP contribution < -0.4 is 16.4 Å². The summed E-state index contributed by atoms with van der Waals surface area (Å²) < 4.78 is 53.7. The van der Waals surface area contributed by atoms with E-state index in [2.05, 4.69) is 103 Å². The van der Waals surface area contributed by atoms with Crippen molar-refractivity contribution in [2.45, 2.75) is 33.6 Å². The molecule has 29 heteroatoms. The van der Waals surface area contributed by atoms with Crippen LogP contribution in [0.15, 0.2) is 323 Å². The summed E-state index contributed by atoms with van der Waals surface area (Å²) in [5.41, 5.74) is 35.9. The summed E-state index contributed by atoms with van der Waals surface area (Å²) in [6.07, 6.45) is 14.7. The van der Waals surface area contributed by atoms with Crippen LogP contribution in [0.1, 0.15) is 33.6 Å². The zero-order valence-electron chi connectivity index (χ0n) is 73.4. The van der Waals surface area contributed by atoms with E-state index in [1.807, 2.05) is 191 Å². The molecule has 0 atom stereocenters. The molecule has 137 heavy (non-hydrogen) atoms. The number of carbonyl (C=O) groups is 2. The summed E-state index contributed by atoms with van der Waals surface area (Å²) in [4.78, 5) is 74.1. The average Bonchev–Trinajstić information content (AvgIpc) is 1.63. The van der Waals surface area contributed by atoms with Gasteiger partial charge in [-0.25, -0.2) is 37.5 Å². The van der Waals surface area contributed by atoms with E-state index in [-0.39, 0.29) is 41.0 Å². The number of hydrogen-bond donors (Lipinski definition) is 11. The molecule has 0 fully saturated rings. The lowest BCUT2D eigenvalue weighted by molar-refractivity contribution is -0.117. The minimum atomic E-state index is -0.277. The fraction of sp³-hybridized carbons (Fsp3) is 0.0556. The standard InChI is InChI=1S/C30H25FN6O.C28H21FN6O.C25H17FN6.C25H16FN5/c1-17(2)12-27(38)33-22-13-20(15-32-16-22)19-8-11-25-24(14-19)29(37-36-25)30-34-26-5-3-4-23(28(26)35-30)18-6-9-21(31)10-7-18;1-2-25(36)31-20-12-18(14-30-15-20)17-8-11-23-22(13-17)27(35-34-23)28-32-24-5-3-4-21(26(24)33-28)16-6-9-19(29)10-7-16;26-17-7-4-14(5-8-17)19-2-1-3-22-23(19)30-25(29-22)24-20-11-15(6-9-21(20)31-32-24)16-10-18(27)13-28-12-16;26-18-9-6-15(7-10-18)19-4-1-5-22-23(19)29-25(28-22)24-20-13-16(8-11-21(20)30-31-24)17-3-2-12-27-14-17/h3-11,13-17H,12H2,1-2H3,(H,33,38)(H,34,35)(H,36,37);3-15H,2H2,1H3,(H,31,36)(H,32,33)(H,34,35);1-13H,27H2,(H,29,30)(H,31,32);1-14H,(H,28,29)(H,30,31). The van der Waals surface area contributed by atoms with Crippen LogP contribution in [-0.2, 0) is 9.59 Å². The maximum Gasteiger partial charge on any atom is 0.224 e. The molecule has 0 saturated heterocycles. The van der Waals surface area contributed by atoms with Crippen LogP contribution in [0.5, 0.6) is 0 Å². The number of fused-ring (bicyclic) bond motifs is 8.